The molecule has 1 aromatic carbocycles. The number of β-amino-alcohol motifs (C(OH)–C–C–N with tert-alkyl or cyclic N) is 1. The number of Topliss-reactive ketones (excluding diaryl/α,β-unsaturated/α-hetero) is 2. The van der Waals surface area contributed by atoms with Crippen LogP contribution in [0.25, 0.3) is 20.9 Å². The lowest BCUT2D eigenvalue weighted by molar-refractivity contribution is -0.146. The molecule has 2 aromatic rings. The van der Waals surface area contributed by atoms with E-state index in [-0.39, 0.29) is 49.2 Å². The van der Waals surface area contributed by atoms with Crippen LogP contribution in [-0.4, -0.2) is 57.7 Å². The van der Waals surface area contributed by atoms with Crippen LogP contribution in [0.5, 0.6) is 0 Å². The van der Waals surface area contributed by atoms with Gasteiger partial charge < -0.3 is 10.0 Å². The second-order valence-corrected chi connectivity index (χ2v) is 13.1. The van der Waals surface area contributed by atoms with E-state index in [2.05, 4.69) is 27.1 Å². The van der Waals surface area contributed by atoms with Crippen molar-refractivity contribution in [1.82, 2.24) is 9.88 Å². The fourth-order valence-corrected chi connectivity index (χ4v) is 6.29. The highest BCUT2D eigenvalue weighted by Crippen LogP contribution is 2.35. The minimum absolute atomic E-state index is 0.00951. The number of benzene rings is 1. The zero-order valence-corrected chi connectivity index (χ0v) is 25.7. The monoisotopic (exact) mass is 581 g/mol. The van der Waals surface area contributed by atoms with Crippen molar-refractivity contribution in [2.24, 2.45) is 16.4 Å². The van der Waals surface area contributed by atoms with Gasteiger partial charge in [0.1, 0.15) is 5.78 Å². The Balaban J connectivity index is 1.64. The van der Waals surface area contributed by atoms with Crippen LogP contribution in [0.15, 0.2) is 34.9 Å². The highest BCUT2D eigenvalue weighted by atomic mass is 32.1. The molecule has 1 aromatic heterocycles. The van der Waals surface area contributed by atoms with Crippen molar-refractivity contribution < 1.29 is 19.5 Å². The van der Waals surface area contributed by atoms with Crippen molar-refractivity contribution in [1.29, 1.82) is 0 Å². The Kier molecular flexibility index (Phi) is 11.6. The summed E-state index contributed by atoms with van der Waals surface area (Å²) in [4.78, 5) is 49.9. The molecule has 1 amide bonds. The Labute approximate surface area is 247 Å². The summed E-state index contributed by atoms with van der Waals surface area (Å²) in [5, 5.41) is 14.0. The van der Waals surface area contributed by atoms with Gasteiger partial charge in [-0.2, -0.15) is 0 Å². The van der Waals surface area contributed by atoms with Crippen LogP contribution in [0.3, 0.4) is 0 Å². The first-order valence-electron chi connectivity index (χ1n) is 14.5. The molecule has 0 aliphatic carbocycles. The number of carbonyl (C=O) groups is 3. The molecule has 4 atom stereocenters. The van der Waals surface area contributed by atoms with Crippen LogP contribution in [-0.2, 0) is 14.4 Å². The summed E-state index contributed by atoms with van der Waals surface area (Å²) >= 11 is 1.60. The van der Waals surface area contributed by atoms with Crippen LogP contribution >= 0.6 is 11.3 Å². The van der Waals surface area contributed by atoms with Crippen molar-refractivity contribution in [3.8, 4) is 10.4 Å². The smallest absolute Gasteiger partial charge is 0.227 e. The van der Waals surface area contributed by atoms with Gasteiger partial charge in [-0.1, -0.05) is 63.5 Å². The topological polar surface area (TPSA) is 136 Å². The number of rotatable bonds is 14. The molecule has 10 heteroatoms. The zero-order chi connectivity index (χ0) is 30.2. The number of aryl methyl sites for hydroxylation is 1. The van der Waals surface area contributed by atoms with Crippen molar-refractivity contribution in [3.05, 3.63) is 51.5 Å². The highest BCUT2D eigenvalue weighted by Gasteiger charge is 2.44. The van der Waals surface area contributed by atoms with E-state index in [1.807, 2.05) is 52.3 Å². The number of aliphatic hydroxyl groups is 1. The van der Waals surface area contributed by atoms with E-state index in [1.54, 1.807) is 11.3 Å². The molecule has 1 fully saturated rings. The molecule has 0 unspecified atom stereocenters. The fourth-order valence-electron chi connectivity index (χ4n) is 5.48. The molecule has 222 valence electrons. The van der Waals surface area contributed by atoms with Gasteiger partial charge in [0.15, 0.2) is 5.78 Å². The fraction of sp³-hybridized carbons (Fsp3) is 0.613. The predicted octanol–water partition coefficient (Wildman–Crippen LogP) is 6.64. The molecule has 9 nitrogen and oxygen atoms in total. The molecule has 1 saturated heterocycles. The minimum atomic E-state index is -0.766. The van der Waals surface area contributed by atoms with Crippen LogP contribution in [0, 0.1) is 18.3 Å². The number of unbranched alkanes of at least 4 members (excludes halogenated alkanes) is 2. The maximum Gasteiger partial charge on any atom is 0.227 e. The van der Waals surface area contributed by atoms with Gasteiger partial charge in [-0.3, -0.25) is 14.4 Å². The maximum absolute atomic E-state index is 13.8. The second kappa shape index (κ2) is 14.7. The predicted molar refractivity (Wildman–Crippen MR) is 162 cm³/mol. The van der Waals surface area contributed by atoms with Gasteiger partial charge in [-0.25, -0.2) is 4.98 Å². The standard InChI is InChI=1S/C31H43N5O4S/c1-20(22-10-12-23(13-11-22)29-21(2)33-19-41-29)15-28(39)27-17-25(38)18-36(27)30(40)26(31(3,4)5)16-24(37)9-7-6-8-14-34-35-32/h10-13,19-20,25-27,38H,6-9,14-18H2,1-5H3/t20-,25-,26+,27+/m1/s1. The average molecular weight is 582 g/mol. The Hall–Kier alpha value is -3.07. The highest BCUT2D eigenvalue weighted by molar-refractivity contribution is 7.13. The van der Waals surface area contributed by atoms with Gasteiger partial charge in [0.05, 0.1) is 28.2 Å². The van der Waals surface area contributed by atoms with E-state index in [4.69, 9.17) is 5.53 Å². The van der Waals surface area contributed by atoms with Crippen molar-refractivity contribution >= 4 is 28.8 Å². The molecule has 3 rings (SSSR count). The minimum Gasteiger partial charge on any atom is -0.391 e. The quantitative estimate of drug-likeness (QED) is 0.115. The Morgan fingerprint density at radius 2 is 1.88 bits per heavy atom. The van der Waals surface area contributed by atoms with Gasteiger partial charge >= 0.3 is 0 Å². The summed E-state index contributed by atoms with van der Waals surface area (Å²) in [6.07, 6.45) is 2.36. The van der Waals surface area contributed by atoms with E-state index in [1.165, 1.54) is 4.90 Å². The summed E-state index contributed by atoms with van der Waals surface area (Å²) in [6, 6.07) is 7.49. The van der Waals surface area contributed by atoms with Crippen LogP contribution in [0.1, 0.15) is 89.8 Å². The number of aliphatic hydroxyl groups excluding tert-OH is 1. The van der Waals surface area contributed by atoms with Gasteiger partial charge in [-0.15, -0.1) is 11.3 Å². The summed E-state index contributed by atoms with van der Waals surface area (Å²) in [5.74, 6) is -0.924. The summed E-state index contributed by atoms with van der Waals surface area (Å²) in [5.41, 5.74) is 12.8. The molecular formula is C31H43N5O4S. The summed E-state index contributed by atoms with van der Waals surface area (Å²) in [7, 11) is 0. The SMILES string of the molecule is Cc1ncsc1-c1ccc([C@H](C)CC(=O)[C@@H]2C[C@@H](O)CN2C(=O)[C@H](CC(=O)CCCCCN=[N+]=[N-])C(C)(C)C)cc1. The first kappa shape index (κ1) is 32.4. The number of ketones is 2. The third-order valence-corrected chi connectivity index (χ3v) is 8.96. The van der Waals surface area contributed by atoms with E-state index in [0.717, 1.165) is 34.5 Å². The first-order chi connectivity index (χ1) is 19.4. The number of amides is 1. The van der Waals surface area contributed by atoms with Crippen molar-refractivity contribution in [2.75, 3.05) is 13.1 Å². The van der Waals surface area contributed by atoms with E-state index in [9.17, 15) is 19.5 Å². The van der Waals surface area contributed by atoms with E-state index < -0.39 is 23.5 Å². The lowest BCUT2D eigenvalue weighted by atomic mass is 9.76. The van der Waals surface area contributed by atoms with Crippen LogP contribution in [0.2, 0.25) is 0 Å². The van der Waals surface area contributed by atoms with Crippen molar-refractivity contribution in [3.63, 3.8) is 0 Å². The molecule has 0 bridgehead atoms. The lowest BCUT2D eigenvalue weighted by Crippen LogP contribution is -2.47. The maximum atomic E-state index is 13.8. The van der Waals surface area contributed by atoms with E-state index >= 15 is 0 Å². The number of azide groups is 1. The molecule has 0 radical (unpaired) electrons. The Bertz CT molecular complexity index is 1250. The molecule has 41 heavy (non-hydrogen) atoms. The summed E-state index contributed by atoms with van der Waals surface area (Å²) < 4.78 is 0. The third-order valence-electron chi connectivity index (χ3n) is 7.98. The van der Waals surface area contributed by atoms with Gasteiger partial charge in [-0.05, 0) is 47.8 Å². The van der Waals surface area contributed by atoms with Gasteiger partial charge in [0.25, 0.3) is 0 Å². The Morgan fingerprint density at radius 3 is 2.49 bits per heavy atom. The number of nitrogens with zero attached hydrogens (tertiary/aromatic N) is 5. The molecular weight excluding hydrogens is 538 g/mol. The van der Waals surface area contributed by atoms with Crippen LogP contribution < -0.4 is 0 Å². The summed E-state index contributed by atoms with van der Waals surface area (Å²) in [6.45, 7) is 10.3. The largest absolute Gasteiger partial charge is 0.391 e. The Morgan fingerprint density at radius 1 is 1.17 bits per heavy atom. The molecule has 0 spiro atoms. The molecule has 2 heterocycles. The normalized spacial score (nSPS) is 18.5. The number of carbonyl (C=O) groups excluding carboxylic acids is 3. The van der Waals surface area contributed by atoms with Gasteiger partial charge in [0, 0.05) is 49.6 Å². The molecule has 1 aliphatic heterocycles. The number of hydrogen-bond acceptors (Lipinski definition) is 7. The number of likely N-dealkylation sites (tertiary alicyclic amines) is 1. The molecule has 1 N–H and O–H groups in total. The van der Waals surface area contributed by atoms with E-state index in [0.29, 0.717) is 19.4 Å². The zero-order valence-electron chi connectivity index (χ0n) is 24.9. The third kappa shape index (κ3) is 8.96. The first-order valence-corrected chi connectivity index (χ1v) is 15.3. The molecule has 1 aliphatic rings. The lowest BCUT2D eigenvalue weighted by Gasteiger charge is -2.35. The second-order valence-electron chi connectivity index (χ2n) is 12.3. The van der Waals surface area contributed by atoms with Gasteiger partial charge in [0.2, 0.25) is 5.91 Å². The number of hydrogen-bond donors (Lipinski definition) is 1. The average Bonchev–Trinajstić information content (AvgIpc) is 3.53. The molecule has 0 saturated carbocycles. The number of aromatic nitrogens is 1. The number of thiazole rings is 1. The van der Waals surface area contributed by atoms with Crippen LogP contribution in [0.4, 0.5) is 0 Å². The van der Waals surface area contributed by atoms with Crippen molar-refractivity contribution in [2.45, 2.75) is 97.6 Å².